The molecule has 0 aliphatic heterocycles. The highest BCUT2D eigenvalue weighted by atomic mass is 16.3. The molecule has 0 spiro atoms. The minimum atomic E-state index is -0.0854. The van der Waals surface area contributed by atoms with E-state index in [4.69, 9.17) is 8.83 Å². The van der Waals surface area contributed by atoms with Gasteiger partial charge in [0.25, 0.3) is 0 Å². The number of hydrogen-bond donors (Lipinski definition) is 0. The van der Waals surface area contributed by atoms with Gasteiger partial charge in [0.15, 0.2) is 0 Å². The van der Waals surface area contributed by atoms with Crippen molar-refractivity contribution in [2.24, 2.45) is 0 Å². The first-order chi connectivity index (χ1) is 50.1. The number of furan rings is 2. The van der Waals surface area contributed by atoms with E-state index in [1.165, 1.54) is 43.8 Å². The molecule has 4 aromatic heterocycles. The third-order valence-corrected chi connectivity index (χ3v) is 21.6. The van der Waals surface area contributed by atoms with E-state index in [2.05, 4.69) is 393 Å². The van der Waals surface area contributed by atoms with Crippen molar-refractivity contribution in [3.05, 3.63) is 313 Å². The lowest BCUT2D eigenvalue weighted by atomic mass is 9.80. The Hall–Kier alpha value is -11.9. The summed E-state index contributed by atoms with van der Waals surface area (Å²) < 4.78 is 19.9. The summed E-state index contributed by atoms with van der Waals surface area (Å²) in [6, 6.07) is 108. The van der Waals surface area contributed by atoms with Crippen LogP contribution in [0.25, 0.3) is 132 Å². The number of para-hydroxylation sites is 6. The summed E-state index contributed by atoms with van der Waals surface area (Å²) in [7, 11) is 0. The lowest BCUT2D eigenvalue weighted by Gasteiger charge is -2.28. The van der Waals surface area contributed by atoms with Gasteiger partial charge in [0.2, 0.25) is 0 Å². The molecule has 0 bridgehead atoms. The Labute approximate surface area is 608 Å². The molecule has 0 atom stereocenters. The van der Waals surface area contributed by atoms with Gasteiger partial charge in [-0.2, -0.15) is 0 Å². The third-order valence-electron chi connectivity index (χ3n) is 21.6. The third kappa shape index (κ3) is 10.6. The Morgan fingerprint density at radius 3 is 0.933 bits per heavy atom. The zero-order chi connectivity index (χ0) is 71.3. The summed E-state index contributed by atoms with van der Waals surface area (Å²) in [5, 5.41) is 11.0. The highest BCUT2D eigenvalue weighted by Crippen LogP contribution is 2.53. The van der Waals surface area contributed by atoms with E-state index >= 15 is 0 Å². The summed E-state index contributed by atoms with van der Waals surface area (Å²) in [5.74, 6) is 0. The molecule has 18 aromatic rings. The SMILES string of the molecule is CC(C)(C)c1cc(-n2c3ccccc3c3cccc(N(c4ccccc4)c4ccc5oc6c(-c7ccccc7)c7cc8c(oc9ccc(N(c%10ccccc%10)c%10cccc%11c%12ccccc%12n(-c%12cc(C(C)(C)C)cc(C(C)(C)C)c%12)c%10%11)cc98)c(-c8ccccc8)c7cc6c5c4)c32)cc(C(C)(C)C)c1. The van der Waals surface area contributed by atoms with Gasteiger partial charge in [0, 0.05) is 88.3 Å². The first kappa shape index (κ1) is 64.3. The summed E-state index contributed by atoms with van der Waals surface area (Å²) in [5.41, 5.74) is 25.4. The van der Waals surface area contributed by atoms with Crippen molar-refractivity contribution in [3.63, 3.8) is 0 Å². The van der Waals surface area contributed by atoms with Crippen molar-refractivity contribution >= 4 is 132 Å². The Bertz CT molecular complexity index is 5980. The number of fused-ring (bicyclic) bond motifs is 13. The average molecular weight is 1350 g/mol. The molecule has 0 N–H and O–H groups in total. The van der Waals surface area contributed by atoms with Crippen molar-refractivity contribution in [2.75, 3.05) is 9.80 Å². The molecule has 4 heterocycles. The first-order valence-electron chi connectivity index (χ1n) is 36.6. The van der Waals surface area contributed by atoms with E-state index in [1.54, 1.807) is 0 Å². The van der Waals surface area contributed by atoms with Gasteiger partial charge in [-0.1, -0.05) is 253 Å². The smallest absolute Gasteiger partial charge is 0.143 e. The summed E-state index contributed by atoms with van der Waals surface area (Å²) in [6.07, 6.45) is 0. The maximum atomic E-state index is 7.42. The van der Waals surface area contributed by atoms with Crippen molar-refractivity contribution in [1.29, 1.82) is 0 Å². The van der Waals surface area contributed by atoms with Crippen LogP contribution in [0.2, 0.25) is 0 Å². The number of rotatable bonds is 10. The zero-order valence-electron chi connectivity index (χ0n) is 61.3. The summed E-state index contributed by atoms with van der Waals surface area (Å²) >= 11 is 0. The van der Waals surface area contributed by atoms with Crippen molar-refractivity contribution in [1.82, 2.24) is 9.13 Å². The van der Waals surface area contributed by atoms with E-state index in [-0.39, 0.29) is 21.7 Å². The molecule has 508 valence electrons. The monoisotopic (exact) mass is 1350 g/mol. The standard InChI is InChI=1S/C98H84N4O2/c1-95(2,3)63-51-64(96(4,5)6)54-71(53-63)101-83-43-27-25-39-73(83)75-41-29-45-85(91(75)101)99(67-35-21-15-22-36-67)69-47-49-87-77(57-69)81-59-79-80(89(93(81)103-87)61-31-17-13-18-32-61)60-82-78-58-70(48-50-88(78)104-94(82)90(79)62-33-19-14-20-34-62)100(68-37-23-16-24-38-68)86-46-30-42-76-74-40-26-28-44-84(74)102(92(76)86)72-55-65(97(7,8)9)52-66(56-72)98(10,11)12/h13-60H,1-12H3. The van der Waals surface area contributed by atoms with E-state index in [9.17, 15) is 0 Å². The van der Waals surface area contributed by atoms with Crippen molar-refractivity contribution < 1.29 is 8.83 Å². The van der Waals surface area contributed by atoms with Crippen LogP contribution in [-0.2, 0) is 21.7 Å². The number of benzene rings is 14. The van der Waals surface area contributed by atoms with Crippen LogP contribution in [0.5, 0.6) is 0 Å². The van der Waals surface area contributed by atoms with Crippen LogP contribution >= 0.6 is 0 Å². The maximum absolute atomic E-state index is 7.42. The molecule has 0 aliphatic carbocycles. The van der Waals surface area contributed by atoms with E-state index in [0.717, 1.165) is 144 Å². The fourth-order valence-electron chi connectivity index (χ4n) is 16.2. The fraction of sp³-hybridized carbons (Fsp3) is 0.163. The first-order valence-corrected chi connectivity index (χ1v) is 36.6. The van der Waals surface area contributed by atoms with Gasteiger partial charge >= 0.3 is 0 Å². The molecule has 0 saturated heterocycles. The van der Waals surface area contributed by atoms with Crippen LogP contribution in [0.3, 0.4) is 0 Å². The molecule has 18 rings (SSSR count). The van der Waals surface area contributed by atoms with Gasteiger partial charge in [-0.3, -0.25) is 0 Å². The Kier molecular flexibility index (Phi) is 14.7. The van der Waals surface area contributed by atoms with E-state index in [1.807, 2.05) is 0 Å². The second kappa shape index (κ2) is 23.9. The molecular formula is C98H84N4O2. The van der Waals surface area contributed by atoms with Crippen LogP contribution in [0.4, 0.5) is 34.1 Å². The molecule has 6 nitrogen and oxygen atoms in total. The second-order valence-corrected chi connectivity index (χ2v) is 32.6. The Morgan fingerprint density at radius 2 is 0.577 bits per heavy atom. The zero-order valence-corrected chi connectivity index (χ0v) is 61.3. The lowest BCUT2D eigenvalue weighted by Crippen LogP contribution is -2.17. The highest BCUT2D eigenvalue weighted by Gasteiger charge is 2.31. The van der Waals surface area contributed by atoms with Gasteiger partial charge in [-0.25, -0.2) is 0 Å². The van der Waals surface area contributed by atoms with Crippen LogP contribution in [0.1, 0.15) is 105 Å². The predicted octanol–water partition coefficient (Wildman–Crippen LogP) is 28.3. The molecule has 0 saturated carbocycles. The Balaban J connectivity index is 0.877. The normalized spacial score (nSPS) is 12.6. The van der Waals surface area contributed by atoms with Gasteiger partial charge in [-0.15, -0.1) is 0 Å². The fourth-order valence-corrected chi connectivity index (χ4v) is 16.2. The molecule has 14 aromatic carbocycles. The van der Waals surface area contributed by atoms with Gasteiger partial charge in [-0.05, 0) is 187 Å². The van der Waals surface area contributed by atoms with Gasteiger partial charge in [0.1, 0.15) is 22.3 Å². The quantitative estimate of drug-likeness (QED) is 0.137. The lowest BCUT2D eigenvalue weighted by molar-refractivity contribution is 0.567. The van der Waals surface area contributed by atoms with Crippen LogP contribution < -0.4 is 9.80 Å². The van der Waals surface area contributed by atoms with Crippen LogP contribution in [0.15, 0.2) is 300 Å². The maximum Gasteiger partial charge on any atom is 0.143 e. The topological polar surface area (TPSA) is 42.6 Å². The van der Waals surface area contributed by atoms with Crippen LogP contribution in [-0.4, -0.2) is 9.13 Å². The number of hydrogen-bond acceptors (Lipinski definition) is 4. The predicted molar refractivity (Wildman–Crippen MR) is 442 cm³/mol. The Morgan fingerprint density at radius 1 is 0.250 bits per heavy atom. The minimum Gasteiger partial charge on any atom is -0.455 e. The molecule has 0 unspecified atom stereocenters. The average Bonchev–Trinajstić information content (AvgIpc) is 1.52. The van der Waals surface area contributed by atoms with E-state index in [0.29, 0.717) is 0 Å². The molecule has 104 heavy (non-hydrogen) atoms. The van der Waals surface area contributed by atoms with Gasteiger partial charge in [0.05, 0.1) is 33.4 Å². The molecule has 0 fully saturated rings. The van der Waals surface area contributed by atoms with Crippen LogP contribution in [0, 0.1) is 0 Å². The molecule has 0 aliphatic rings. The number of nitrogens with zero attached hydrogens (tertiary/aromatic N) is 4. The molecular weight excluding hydrogens is 1270 g/mol. The van der Waals surface area contributed by atoms with Crippen molar-refractivity contribution in [2.45, 2.75) is 105 Å². The molecule has 0 amide bonds. The molecule has 0 radical (unpaired) electrons. The largest absolute Gasteiger partial charge is 0.455 e. The molecule has 6 heteroatoms. The minimum absolute atomic E-state index is 0.0854. The van der Waals surface area contributed by atoms with Crippen molar-refractivity contribution in [3.8, 4) is 33.6 Å². The number of aromatic nitrogens is 2. The highest BCUT2D eigenvalue weighted by molar-refractivity contribution is 6.27. The second-order valence-electron chi connectivity index (χ2n) is 32.6. The van der Waals surface area contributed by atoms with E-state index < -0.39 is 0 Å². The summed E-state index contributed by atoms with van der Waals surface area (Å²) in [4.78, 5) is 4.89. The number of anilines is 6. The summed E-state index contributed by atoms with van der Waals surface area (Å²) in [6.45, 7) is 27.9. The van der Waals surface area contributed by atoms with Gasteiger partial charge < -0.3 is 27.8 Å².